The average molecular weight is 174 g/mol. The Morgan fingerprint density at radius 3 is 2.85 bits per heavy atom. The number of hydrogen-bond donors (Lipinski definition) is 1. The molecule has 0 amide bonds. The first-order valence-electron chi connectivity index (χ1n) is 3.91. The Balaban J connectivity index is 3.03. The molecule has 0 aliphatic rings. The second kappa shape index (κ2) is 3.72. The summed E-state index contributed by atoms with van der Waals surface area (Å²) in [5.41, 5.74) is 7.55. The van der Waals surface area contributed by atoms with E-state index >= 15 is 0 Å². The first-order valence-corrected chi connectivity index (χ1v) is 3.91. The van der Waals surface area contributed by atoms with Crippen molar-refractivity contribution in [3.63, 3.8) is 0 Å². The van der Waals surface area contributed by atoms with Gasteiger partial charge in [0.15, 0.2) is 5.78 Å². The van der Waals surface area contributed by atoms with Gasteiger partial charge in [0, 0.05) is 11.3 Å². The maximum atomic E-state index is 11.3. The Labute approximate surface area is 76.8 Å². The van der Waals surface area contributed by atoms with E-state index in [-0.39, 0.29) is 12.2 Å². The minimum absolute atomic E-state index is 0.0786. The number of aryl methyl sites for hydroxylation is 1. The van der Waals surface area contributed by atoms with Gasteiger partial charge < -0.3 is 5.73 Å². The van der Waals surface area contributed by atoms with Gasteiger partial charge in [-0.25, -0.2) is 0 Å². The summed E-state index contributed by atoms with van der Waals surface area (Å²) >= 11 is 0. The van der Waals surface area contributed by atoms with Crippen molar-refractivity contribution in [3.8, 4) is 6.07 Å². The predicted octanol–water partition coefficient (Wildman–Crippen LogP) is 1.67. The lowest BCUT2D eigenvalue weighted by molar-refractivity contribution is 0.0997. The standard InChI is InChI=1S/C10H10N2O/c1-7-6-8(12)2-3-9(7)10(13)4-5-11/h2-3,6H,4,12H2,1H3. The van der Waals surface area contributed by atoms with Gasteiger partial charge in [-0.2, -0.15) is 5.26 Å². The summed E-state index contributed by atoms with van der Waals surface area (Å²) in [5.74, 6) is -0.153. The van der Waals surface area contributed by atoms with Crippen molar-refractivity contribution < 1.29 is 4.79 Å². The number of ketones is 1. The smallest absolute Gasteiger partial charge is 0.177 e. The third kappa shape index (κ3) is 2.06. The van der Waals surface area contributed by atoms with Crippen LogP contribution in [0.25, 0.3) is 0 Å². The van der Waals surface area contributed by atoms with Crippen LogP contribution in [0.4, 0.5) is 5.69 Å². The quantitative estimate of drug-likeness (QED) is 0.547. The van der Waals surface area contributed by atoms with Crippen LogP contribution in [0, 0.1) is 18.3 Å². The van der Waals surface area contributed by atoms with Crippen LogP contribution < -0.4 is 5.73 Å². The summed E-state index contributed by atoms with van der Waals surface area (Å²) in [6.45, 7) is 1.81. The van der Waals surface area contributed by atoms with Crippen molar-refractivity contribution >= 4 is 11.5 Å². The maximum Gasteiger partial charge on any atom is 0.177 e. The lowest BCUT2D eigenvalue weighted by Gasteiger charge is -2.02. The highest BCUT2D eigenvalue weighted by Gasteiger charge is 2.07. The van der Waals surface area contributed by atoms with E-state index in [9.17, 15) is 4.79 Å². The van der Waals surface area contributed by atoms with Gasteiger partial charge in [0.25, 0.3) is 0 Å². The normalized spacial score (nSPS) is 9.23. The van der Waals surface area contributed by atoms with Crippen molar-refractivity contribution in [3.05, 3.63) is 29.3 Å². The number of rotatable bonds is 2. The monoisotopic (exact) mass is 174 g/mol. The number of Topliss-reactive ketones (excluding diaryl/α,β-unsaturated/α-hetero) is 1. The van der Waals surface area contributed by atoms with Crippen LogP contribution in [0.3, 0.4) is 0 Å². The van der Waals surface area contributed by atoms with Crippen LogP contribution in [-0.2, 0) is 0 Å². The summed E-state index contributed by atoms with van der Waals surface area (Å²) in [6.07, 6.45) is -0.0786. The molecule has 66 valence electrons. The third-order valence-electron chi connectivity index (χ3n) is 1.79. The maximum absolute atomic E-state index is 11.3. The molecule has 0 aliphatic carbocycles. The van der Waals surface area contributed by atoms with Gasteiger partial charge in [-0.1, -0.05) is 0 Å². The first kappa shape index (κ1) is 9.27. The molecule has 3 heteroatoms. The van der Waals surface area contributed by atoms with Crippen molar-refractivity contribution in [2.24, 2.45) is 0 Å². The number of nitriles is 1. The van der Waals surface area contributed by atoms with Crippen LogP contribution in [0.5, 0.6) is 0 Å². The van der Waals surface area contributed by atoms with E-state index in [2.05, 4.69) is 0 Å². The number of hydrogen-bond acceptors (Lipinski definition) is 3. The zero-order valence-electron chi connectivity index (χ0n) is 7.37. The van der Waals surface area contributed by atoms with E-state index in [1.807, 2.05) is 6.07 Å². The fraction of sp³-hybridized carbons (Fsp3) is 0.200. The summed E-state index contributed by atoms with van der Waals surface area (Å²) in [4.78, 5) is 11.3. The molecule has 3 nitrogen and oxygen atoms in total. The fourth-order valence-electron chi connectivity index (χ4n) is 1.17. The molecule has 1 aromatic rings. The Bertz CT molecular complexity index is 377. The lowest BCUT2D eigenvalue weighted by Crippen LogP contribution is -2.01. The van der Waals surface area contributed by atoms with Gasteiger partial charge in [0.2, 0.25) is 0 Å². The highest BCUT2D eigenvalue weighted by molar-refractivity contribution is 5.98. The Kier molecular flexibility index (Phi) is 2.65. The summed E-state index contributed by atoms with van der Waals surface area (Å²) in [7, 11) is 0. The molecule has 2 N–H and O–H groups in total. The van der Waals surface area contributed by atoms with E-state index in [0.717, 1.165) is 5.56 Å². The molecule has 0 bridgehead atoms. The Morgan fingerprint density at radius 1 is 1.62 bits per heavy atom. The summed E-state index contributed by atoms with van der Waals surface area (Å²) in [5, 5.41) is 8.35. The zero-order chi connectivity index (χ0) is 9.84. The largest absolute Gasteiger partial charge is 0.399 e. The molecule has 0 aliphatic heterocycles. The third-order valence-corrected chi connectivity index (χ3v) is 1.79. The SMILES string of the molecule is Cc1cc(N)ccc1C(=O)CC#N. The molecule has 0 heterocycles. The highest BCUT2D eigenvalue weighted by Crippen LogP contribution is 2.13. The molecular formula is C10H10N2O. The van der Waals surface area contributed by atoms with E-state index in [0.29, 0.717) is 11.3 Å². The van der Waals surface area contributed by atoms with Gasteiger partial charge in [-0.15, -0.1) is 0 Å². The second-order valence-electron chi connectivity index (χ2n) is 2.83. The minimum Gasteiger partial charge on any atom is -0.399 e. The molecule has 0 spiro atoms. The number of nitrogens with two attached hydrogens (primary N) is 1. The molecule has 0 aromatic heterocycles. The molecule has 0 fully saturated rings. The zero-order valence-corrected chi connectivity index (χ0v) is 7.37. The fourth-order valence-corrected chi connectivity index (χ4v) is 1.17. The molecule has 0 radical (unpaired) electrons. The molecule has 1 rings (SSSR count). The highest BCUT2D eigenvalue weighted by atomic mass is 16.1. The average Bonchev–Trinajstić information content (AvgIpc) is 2.04. The van der Waals surface area contributed by atoms with Crippen LogP contribution in [0.2, 0.25) is 0 Å². The van der Waals surface area contributed by atoms with Gasteiger partial charge in [-0.3, -0.25) is 4.79 Å². The van der Waals surface area contributed by atoms with E-state index in [4.69, 9.17) is 11.0 Å². The lowest BCUT2D eigenvalue weighted by atomic mass is 10.0. The van der Waals surface area contributed by atoms with E-state index < -0.39 is 0 Å². The van der Waals surface area contributed by atoms with Crippen molar-refractivity contribution in [1.82, 2.24) is 0 Å². The van der Waals surface area contributed by atoms with Crippen LogP contribution >= 0.6 is 0 Å². The van der Waals surface area contributed by atoms with Crippen molar-refractivity contribution in [2.75, 3.05) is 5.73 Å². The summed E-state index contributed by atoms with van der Waals surface area (Å²) in [6, 6.07) is 6.88. The predicted molar refractivity (Wildman–Crippen MR) is 50.2 cm³/mol. The molecule has 13 heavy (non-hydrogen) atoms. The number of carbonyl (C=O) groups is 1. The van der Waals surface area contributed by atoms with Gasteiger partial charge in [0.1, 0.15) is 0 Å². The Morgan fingerprint density at radius 2 is 2.31 bits per heavy atom. The van der Waals surface area contributed by atoms with Crippen LogP contribution in [0.15, 0.2) is 18.2 Å². The van der Waals surface area contributed by atoms with Gasteiger partial charge in [-0.05, 0) is 30.7 Å². The van der Waals surface area contributed by atoms with Gasteiger partial charge in [0.05, 0.1) is 12.5 Å². The number of carbonyl (C=O) groups excluding carboxylic acids is 1. The second-order valence-corrected chi connectivity index (χ2v) is 2.83. The topological polar surface area (TPSA) is 66.9 Å². The Hall–Kier alpha value is -1.82. The van der Waals surface area contributed by atoms with Crippen molar-refractivity contribution in [2.45, 2.75) is 13.3 Å². The first-order chi connectivity index (χ1) is 6.15. The van der Waals surface area contributed by atoms with Crippen LogP contribution in [0.1, 0.15) is 22.3 Å². The molecule has 0 saturated heterocycles. The molecule has 0 unspecified atom stereocenters. The molecular weight excluding hydrogens is 164 g/mol. The number of nitrogen functional groups attached to an aromatic ring is 1. The molecule has 1 aromatic carbocycles. The van der Waals surface area contributed by atoms with Crippen molar-refractivity contribution in [1.29, 1.82) is 5.26 Å². The van der Waals surface area contributed by atoms with E-state index in [1.165, 1.54) is 0 Å². The summed E-state index contributed by atoms with van der Waals surface area (Å²) < 4.78 is 0. The van der Waals surface area contributed by atoms with Crippen LogP contribution in [-0.4, -0.2) is 5.78 Å². The van der Waals surface area contributed by atoms with E-state index in [1.54, 1.807) is 25.1 Å². The number of anilines is 1. The number of benzene rings is 1. The number of nitrogens with zero attached hydrogens (tertiary/aromatic N) is 1. The molecule has 0 saturated carbocycles. The molecule has 0 atom stereocenters. The minimum atomic E-state index is -0.153. The van der Waals surface area contributed by atoms with Gasteiger partial charge >= 0.3 is 0 Å².